The van der Waals surface area contributed by atoms with Crippen LogP contribution in [0.2, 0.25) is 5.02 Å². The molecular formula is C15H16BrClFNS. The van der Waals surface area contributed by atoms with Gasteiger partial charge in [-0.1, -0.05) is 30.7 Å². The van der Waals surface area contributed by atoms with Gasteiger partial charge in [-0.3, -0.25) is 0 Å². The normalized spacial score (nSPS) is 12.6. The zero-order valence-corrected chi connectivity index (χ0v) is 14.3. The van der Waals surface area contributed by atoms with Gasteiger partial charge < -0.3 is 5.32 Å². The van der Waals surface area contributed by atoms with Gasteiger partial charge in [-0.15, -0.1) is 11.3 Å². The largest absolute Gasteiger partial charge is 0.309 e. The molecule has 0 saturated carbocycles. The van der Waals surface area contributed by atoms with Crippen LogP contribution in [0.4, 0.5) is 4.39 Å². The van der Waals surface area contributed by atoms with E-state index in [-0.39, 0.29) is 16.9 Å². The zero-order chi connectivity index (χ0) is 14.5. The molecule has 1 heterocycles. The first-order valence-corrected chi connectivity index (χ1v) is 8.52. The highest BCUT2D eigenvalue weighted by Crippen LogP contribution is 2.31. The van der Waals surface area contributed by atoms with Gasteiger partial charge in [0, 0.05) is 10.9 Å². The zero-order valence-electron chi connectivity index (χ0n) is 11.1. The van der Waals surface area contributed by atoms with E-state index in [0.717, 1.165) is 22.3 Å². The van der Waals surface area contributed by atoms with Crippen LogP contribution in [-0.4, -0.2) is 6.54 Å². The average molecular weight is 377 g/mol. The van der Waals surface area contributed by atoms with E-state index in [4.69, 9.17) is 11.6 Å². The third-order valence-electron chi connectivity index (χ3n) is 3.03. The van der Waals surface area contributed by atoms with E-state index in [1.807, 2.05) is 12.1 Å². The van der Waals surface area contributed by atoms with Gasteiger partial charge in [0.05, 0.1) is 8.81 Å². The second-order valence-electron chi connectivity index (χ2n) is 4.57. The minimum atomic E-state index is -0.356. The molecule has 0 amide bonds. The number of rotatable bonds is 6. The van der Waals surface area contributed by atoms with Gasteiger partial charge in [0.25, 0.3) is 0 Å². The van der Waals surface area contributed by atoms with Crippen LogP contribution in [0.25, 0.3) is 0 Å². The van der Waals surface area contributed by atoms with Crippen LogP contribution in [0.5, 0.6) is 0 Å². The molecule has 20 heavy (non-hydrogen) atoms. The van der Waals surface area contributed by atoms with Crippen LogP contribution >= 0.6 is 38.9 Å². The molecule has 0 aliphatic heterocycles. The second-order valence-corrected chi connectivity index (χ2v) is 7.44. The number of benzene rings is 1. The van der Waals surface area contributed by atoms with Crippen molar-refractivity contribution >= 4 is 38.9 Å². The van der Waals surface area contributed by atoms with E-state index < -0.39 is 0 Å². The minimum absolute atomic E-state index is 0.158. The summed E-state index contributed by atoms with van der Waals surface area (Å²) >= 11 is 11.2. The van der Waals surface area contributed by atoms with E-state index in [1.165, 1.54) is 10.9 Å². The van der Waals surface area contributed by atoms with Crippen molar-refractivity contribution in [1.29, 1.82) is 0 Å². The minimum Gasteiger partial charge on any atom is -0.309 e. The molecule has 2 aromatic rings. The summed E-state index contributed by atoms with van der Waals surface area (Å²) in [6.45, 7) is 3.05. The SMILES string of the molecule is CCCNC(Cc1cccc(F)c1Cl)c1ccc(Br)s1. The van der Waals surface area contributed by atoms with Gasteiger partial charge in [-0.25, -0.2) is 4.39 Å². The van der Waals surface area contributed by atoms with Crippen LogP contribution in [0.15, 0.2) is 34.1 Å². The fourth-order valence-corrected chi connectivity index (χ4v) is 3.74. The van der Waals surface area contributed by atoms with E-state index in [9.17, 15) is 4.39 Å². The summed E-state index contributed by atoms with van der Waals surface area (Å²) in [6, 6.07) is 9.27. The van der Waals surface area contributed by atoms with Gasteiger partial charge in [-0.2, -0.15) is 0 Å². The number of halogens is 3. The maximum atomic E-state index is 13.5. The first-order valence-electron chi connectivity index (χ1n) is 6.53. The Hall–Kier alpha value is -0.420. The Bertz CT molecular complexity index is 573. The van der Waals surface area contributed by atoms with Crippen LogP contribution in [0.3, 0.4) is 0 Å². The molecular weight excluding hydrogens is 361 g/mol. The molecule has 0 aliphatic rings. The Morgan fingerprint density at radius 2 is 2.15 bits per heavy atom. The topological polar surface area (TPSA) is 12.0 Å². The van der Waals surface area contributed by atoms with Crippen molar-refractivity contribution in [2.24, 2.45) is 0 Å². The first kappa shape index (κ1) is 16.0. The monoisotopic (exact) mass is 375 g/mol. The molecule has 1 atom stereocenters. The molecule has 108 valence electrons. The Labute approximate surface area is 136 Å². The van der Waals surface area contributed by atoms with E-state index in [1.54, 1.807) is 17.4 Å². The molecule has 0 radical (unpaired) electrons. The number of hydrogen-bond acceptors (Lipinski definition) is 2. The lowest BCUT2D eigenvalue weighted by atomic mass is 10.0. The van der Waals surface area contributed by atoms with Gasteiger partial charge in [0.1, 0.15) is 5.82 Å². The van der Waals surface area contributed by atoms with Crippen LogP contribution in [0, 0.1) is 5.82 Å². The highest BCUT2D eigenvalue weighted by atomic mass is 79.9. The molecule has 2 rings (SSSR count). The quantitative estimate of drug-likeness (QED) is 0.693. The molecule has 5 heteroatoms. The van der Waals surface area contributed by atoms with Crippen LogP contribution in [-0.2, 0) is 6.42 Å². The summed E-state index contributed by atoms with van der Waals surface area (Å²) in [5.74, 6) is -0.356. The Balaban J connectivity index is 2.21. The number of thiophene rings is 1. The van der Waals surface area contributed by atoms with Gasteiger partial charge >= 0.3 is 0 Å². The van der Waals surface area contributed by atoms with Crippen molar-refractivity contribution in [2.75, 3.05) is 6.54 Å². The average Bonchev–Trinajstić information content (AvgIpc) is 2.86. The maximum absolute atomic E-state index is 13.5. The Morgan fingerprint density at radius 1 is 1.35 bits per heavy atom. The highest BCUT2D eigenvalue weighted by molar-refractivity contribution is 9.11. The molecule has 0 fully saturated rings. The van der Waals surface area contributed by atoms with Crippen molar-refractivity contribution in [3.05, 3.63) is 55.4 Å². The summed E-state index contributed by atoms with van der Waals surface area (Å²) in [4.78, 5) is 1.23. The van der Waals surface area contributed by atoms with Gasteiger partial charge in [0.15, 0.2) is 0 Å². The van der Waals surface area contributed by atoms with Crippen molar-refractivity contribution in [3.63, 3.8) is 0 Å². The predicted octanol–water partition coefficient (Wildman–Crippen LogP) is 5.59. The summed E-state index contributed by atoms with van der Waals surface area (Å²) in [5, 5.41) is 3.73. The second kappa shape index (κ2) is 7.55. The lowest BCUT2D eigenvalue weighted by Gasteiger charge is -2.18. The fourth-order valence-electron chi connectivity index (χ4n) is 2.03. The lowest BCUT2D eigenvalue weighted by Crippen LogP contribution is -2.23. The molecule has 1 nitrogen and oxygen atoms in total. The highest BCUT2D eigenvalue weighted by Gasteiger charge is 2.16. The van der Waals surface area contributed by atoms with E-state index in [0.29, 0.717) is 6.42 Å². The third kappa shape index (κ3) is 4.04. The van der Waals surface area contributed by atoms with Crippen LogP contribution in [0.1, 0.15) is 29.8 Å². The van der Waals surface area contributed by atoms with Crippen molar-refractivity contribution in [3.8, 4) is 0 Å². The predicted molar refractivity (Wildman–Crippen MR) is 88.2 cm³/mol. The maximum Gasteiger partial charge on any atom is 0.142 e. The molecule has 1 N–H and O–H groups in total. The van der Waals surface area contributed by atoms with E-state index in [2.05, 4.69) is 34.2 Å². The fraction of sp³-hybridized carbons (Fsp3) is 0.333. The van der Waals surface area contributed by atoms with Crippen molar-refractivity contribution < 1.29 is 4.39 Å². The summed E-state index contributed by atoms with van der Waals surface area (Å²) in [5.41, 5.74) is 0.838. The lowest BCUT2D eigenvalue weighted by molar-refractivity contribution is 0.534. The molecule has 1 unspecified atom stereocenters. The van der Waals surface area contributed by atoms with Crippen molar-refractivity contribution in [2.45, 2.75) is 25.8 Å². The molecule has 0 bridgehead atoms. The summed E-state index contributed by atoms with van der Waals surface area (Å²) < 4.78 is 14.6. The Kier molecular flexibility index (Phi) is 6.02. The third-order valence-corrected chi connectivity index (χ3v) is 5.19. The number of nitrogens with one attached hydrogen (secondary N) is 1. The molecule has 0 spiro atoms. The van der Waals surface area contributed by atoms with Crippen molar-refractivity contribution in [1.82, 2.24) is 5.32 Å². The van der Waals surface area contributed by atoms with Gasteiger partial charge in [-0.05, 0) is 59.1 Å². The van der Waals surface area contributed by atoms with E-state index >= 15 is 0 Å². The molecule has 0 saturated heterocycles. The molecule has 1 aromatic heterocycles. The summed E-state index contributed by atoms with van der Waals surface area (Å²) in [6.07, 6.45) is 1.74. The van der Waals surface area contributed by atoms with Gasteiger partial charge in [0.2, 0.25) is 0 Å². The molecule has 0 aliphatic carbocycles. The van der Waals surface area contributed by atoms with Crippen LogP contribution < -0.4 is 5.32 Å². The number of hydrogen-bond donors (Lipinski definition) is 1. The standard InChI is InChI=1S/C15H16BrClFNS/c1-2-8-19-12(13-6-7-14(16)20-13)9-10-4-3-5-11(18)15(10)17/h3-7,12,19H,2,8-9H2,1H3. The molecule has 1 aromatic carbocycles. The summed E-state index contributed by atoms with van der Waals surface area (Å²) in [7, 11) is 0. The smallest absolute Gasteiger partial charge is 0.142 e. The Morgan fingerprint density at radius 3 is 2.80 bits per heavy atom. The first-order chi connectivity index (χ1) is 9.61.